The van der Waals surface area contributed by atoms with E-state index in [2.05, 4.69) is 34.1 Å². The number of likely N-dealkylation sites (N-methyl/N-ethyl adjacent to an activating group) is 1. The number of carbonyl (C=O) groups is 1. The van der Waals surface area contributed by atoms with Gasteiger partial charge in [-0.25, -0.2) is 4.79 Å². The van der Waals surface area contributed by atoms with E-state index in [4.69, 9.17) is 0 Å². The summed E-state index contributed by atoms with van der Waals surface area (Å²) in [7, 11) is 2.14. The Morgan fingerprint density at radius 1 is 1.21 bits per heavy atom. The Kier molecular flexibility index (Phi) is 4.41. The molecular formula is C14H20N4O. The molecule has 5 nitrogen and oxygen atoms in total. The normalized spacial score (nSPS) is 15.9. The van der Waals surface area contributed by atoms with Crippen LogP contribution in [0.2, 0.25) is 0 Å². The largest absolute Gasteiger partial charge is 0.369 e. The van der Waals surface area contributed by atoms with Gasteiger partial charge in [-0.2, -0.15) is 0 Å². The summed E-state index contributed by atoms with van der Waals surface area (Å²) in [5.74, 6) is 0. The summed E-state index contributed by atoms with van der Waals surface area (Å²) < 4.78 is 0. The van der Waals surface area contributed by atoms with E-state index in [1.165, 1.54) is 11.9 Å². The Labute approximate surface area is 113 Å². The smallest absolute Gasteiger partial charge is 0.323 e. The molecule has 1 aromatic rings. The molecule has 0 spiro atoms. The highest BCUT2D eigenvalue weighted by Gasteiger charge is 2.13. The van der Waals surface area contributed by atoms with Gasteiger partial charge in [-0.15, -0.1) is 0 Å². The average Bonchev–Trinajstić information content (AvgIpc) is 2.41. The van der Waals surface area contributed by atoms with Crippen LogP contribution in [0.4, 0.5) is 16.2 Å². The number of nitrogens with one attached hydrogen (secondary N) is 2. The molecule has 1 aromatic carbocycles. The van der Waals surface area contributed by atoms with Gasteiger partial charge in [0.2, 0.25) is 0 Å². The number of rotatable bonds is 3. The molecule has 2 rings (SSSR count). The molecule has 0 aliphatic carbocycles. The van der Waals surface area contributed by atoms with Crippen molar-refractivity contribution in [2.75, 3.05) is 43.4 Å². The first-order chi connectivity index (χ1) is 9.19. The third-order valence-corrected chi connectivity index (χ3v) is 3.23. The van der Waals surface area contributed by atoms with Crippen LogP contribution in [0.1, 0.15) is 0 Å². The van der Waals surface area contributed by atoms with Crippen molar-refractivity contribution in [3.05, 3.63) is 37.0 Å². The molecule has 0 saturated carbocycles. The summed E-state index contributed by atoms with van der Waals surface area (Å²) in [5.41, 5.74) is 1.97. The number of piperazine rings is 1. The number of anilines is 2. The van der Waals surface area contributed by atoms with Crippen LogP contribution in [0, 0.1) is 0 Å². The first kappa shape index (κ1) is 13.4. The van der Waals surface area contributed by atoms with Crippen LogP contribution in [0.3, 0.4) is 0 Å². The second-order valence-electron chi connectivity index (χ2n) is 4.64. The minimum absolute atomic E-state index is 0.276. The van der Waals surface area contributed by atoms with Gasteiger partial charge in [0.1, 0.15) is 0 Å². The van der Waals surface area contributed by atoms with E-state index < -0.39 is 0 Å². The fraction of sp³-hybridized carbons (Fsp3) is 0.357. The van der Waals surface area contributed by atoms with Gasteiger partial charge in [-0.05, 0) is 37.5 Å². The van der Waals surface area contributed by atoms with Crippen LogP contribution in [-0.4, -0.2) is 44.2 Å². The van der Waals surface area contributed by atoms with Crippen LogP contribution in [-0.2, 0) is 0 Å². The van der Waals surface area contributed by atoms with Crippen molar-refractivity contribution >= 4 is 17.4 Å². The van der Waals surface area contributed by atoms with Gasteiger partial charge in [-0.1, -0.05) is 6.58 Å². The molecule has 0 bridgehead atoms. The summed E-state index contributed by atoms with van der Waals surface area (Å²) >= 11 is 0. The van der Waals surface area contributed by atoms with Crippen LogP contribution in [0.25, 0.3) is 0 Å². The Morgan fingerprint density at radius 3 is 2.42 bits per heavy atom. The van der Waals surface area contributed by atoms with E-state index in [1.807, 2.05) is 24.3 Å². The minimum Gasteiger partial charge on any atom is -0.369 e. The maximum Gasteiger partial charge on any atom is 0.323 e. The number of urea groups is 1. The molecule has 2 amide bonds. The van der Waals surface area contributed by atoms with Gasteiger partial charge >= 0.3 is 6.03 Å². The predicted octanol–water partition coefficient (Wildman–Crippen LogP) is 1.70. The topological polar surface area (TPSA) is 47.6 Å². The van der Waals surface area contributed by atoms with Gasteiger partial charge in [0, 0.05) is 37.6 Å². The molecule has 1 aliphatic heterocycles. The number of amides is 2. The summed E-state index contributed by atoms with van der Waals surface area (Å²) in [4.78, 5) is 16.0. The lowest BCUT2D eigenvalue weighted by molar-refractivity contribution is 0.255. The maximum atomic E-state index is 11.3. The average molecular weight is 260 g/mol. The molecule has 1 fully saturated rings. The van der Waals surface area contributed by atoms with Crippen LogP contribution in [0.5, 0.6) is 0 Å². The number of nitrogens with zero attached hydrogens (tertiary/aromatic N) is 2. The SMILES string of the molecule is C=CNC(=O)Nc1ccc(N2CCN(C)CC2)cc1. The highest BCUT2D eigenvalue weighted by atomic mass is 16.2. The van der Waals surface area contributed by atoms with Crippen molar-refractivity contribution < 1.29 is 4.79 Å². The van der Waals surface area contributed by atoms with Gasteiger partial charge in [0.25, 0.3) is 0 Å². The van der Waals surface area contributed by atoms with E-state index in [0.717, 1.165) is 31.9 Å². The van der Waals surface area contributed by atoms with Crippen molar-refractivity contribution in [2.24, 2.45) is 0 Å². The van der Waals surface area contributed by atoms with Crippen molar-refractivity contribution in [3.63, 3.8) is 0 Å². The van der Waals surface area contributed by atoms with Crippen molar-refractivity contribution in [1.29, 1.82) is 0 Å². The van der Waals surface area contributed by atoms with E-state index in [1.54, 1.807) is 0 Å². The summed E-state index contributed by atoms with van der Waals surface area (Å²) in [5, 5.41) is 5.21. The molecule has 0 atom stereocenters. The van der Waals surface area contributed by atoms with Crippen LogP contribution in [0.15, 0.2) is 37.0 Å². The van der Waals surface area contributed by atoms with E-state index >= 15 is 0 Å². The van der Waals surface area contributed by atoms with E-state index in [9.17, 15) is 4.79 Å². The lowest BCUT2D eigenvalue weighted by Crippen LogP contribution is -2.44. The molecule has 1 heterocycles. The zero-order valence-electron chi connectivity index (χ0n) is 11.2. The number of benzene rings is 1. The maximum absolute atomic E-state index is 11.3. The van der Waals surface area contributed by atoms with E-state index in [-0.39, 0.29) is 6.03 Å². The lowest BCUT2D eigenvalue weighted by Gasteiger charge is -2.34. The standard InChI is InChI=1S/C14H20N4O/c1-3-15-14(19)16-12-4-6-13(7-5-12)18-10-8-17(2)9-11-18/h3-7H,1,8-11H2,2H3,(H2,15,16,19). The third-order valence-electron chi connectivity index (χ3n) is 3.23. The lowest BCUT2D eigenvalue weighted by atomic mass is 10.2. The summed E-state index contributed by atoms with van der Waals surface area (Å²) in [6.45, 7) is 7.70. The molecule has 5 heteroatoms. The highest BCUT2D eigenvalue weighted by Crippen LogP contribution is 2.19. The molecule has 2 N–H and O–H groups in total. The Balaban J connectivity index is 1.94. The summed E-state index contributed by atoms with van der Waals surface area (Å²) in [6, 6.07) is 7.62. The predicted molar refractivity (Wildman–Crippen MR) is 78.5 cm³/mol. The van der Waals surface area contributed by atoms with Crippen molar-refractivity contribution in [3.8, 4) is 0 Å². The fourth-order valence-electron chi connectivity index (χ4n) is 2.08. The first-order valence-electron chi connectivity index (χ1n) is 6.41. The van der Waals surface area contributed by atoms with Crippen molar-refractivity contribution in [1.82, 2.24) is 10.2 Å². The highest BCUT2D eigenvalue weighted by molar-refractivity contribution is 5.90. The minimum atomic E-state index is -0.276. The molecular weight excluding hydrogens is 240 g/mol. The third kappa shape index (κ3) is 3.72. The molecule has 1 saturated heterocycles. The Bertz CT molecular complexity index is 435. The van der Waals surface area contributed by atoms with Crippen molar-refractivity contribution in [2.45, 2.75) is 0 Å². The first-order valence-corrected chi connectivity index (χ1v) is 6.41. The fourth-order valence-corrected chi connectivity index (χ4v) is 2.08. The second-order valence-corrected chi connectivity index (χ2v) is 4.64. The number of carbonyl (C=O) groups excluding carboxylic acids is 1. The van der Waals surface area contributed by atoms with E-state index in [0.29, 0.717) is 0 Å². The zero-order chi connectivity index (χ0) is 13.7. The van der Waals surface area contributed by atoms with Crippen LogP contribution >= 0.6 is 0 Å². The number of hydrogen-bond donors (Lipinski definition) is 2. The quantitative estimate of drug-likeness (QED) is 0.869. The monoisotopic (exact) mass is 260 g/mol. The number of hydrogen-bond acceptors (Lipinski definition) is 3. The van der Waals surface area contributed by atoms with Gasteiger partial charge in [0.15, 0.2) is 0 Å². The molecule has 102 valence electrons. The van der Waals surface area contributed by atoms with Gasteiger partial charge < -0.3 is 20.4 Å². The Hall–Kier alpha value is -2.01. The zero-order valence-corrected chi connectivity index (χ0v) is 11.2. The van der Waals surface area contributed by atoms with Gasteiger partial charge in [0.05, 0.1) is 0 Å². The second kappa shape index (κ2) is 6.24. The molecule has 19 heavy (non-hydrogen) atoms. The molecule has 0 unspecified atom stereocenters. The molecule has 0 aromatic heterocycles. The molecule has 0 radical (unpaired) electrons. The summed E-state index contributed by atoms with van der Waals surface area (Å²) in [6.07, 6.45) is 1.36. The van der Waals surface area contributed by atoms with Crippen LogP contribution < -0.4 is 15.5 Å². The Morgan fingerprint density at radius 2 is 1.84 bits per heavy atom. The molecule has 1 aliphatic rings. The van der Waals surface area contributed by atoms with Gasteiger partial charge in [-0.3, -0.25) is 0 Å².